The van der Waals surface area contributed by atoms with E-state index in [1.54, 1.807) is 23.5 Å². The van der Waals surface area contributed by atoms with Gasteiger partial charge in [-0.3, -0.25) is 10.2 Å². The van der Waals surface area contributed by atoms with Crippen molar-refractivity contribution in [2.24, 2.45) is 0 Å². The molecular weight excluding hydrogens is 382 g/mol. The minimum Gasteiger partial charge on any atom is -0.484 e. The number of amides is 3. The van der Waals surface area contributed by atoms with Crippen molar-refractivity contribution in [3.63, 3.8) is 0 Å². The molecule has 0 radical (unpaired) electrons. The smallest absolute Gasteiger partial charge is 0.333 e. The minimum atomic E-state index is -0.477. The Labute approximate surface area is 146 Å². The molecule has 8 heteroatoms. The summed E-state index contributed by atoms with van der Waals surface area (Å²) in [5.41, 5.74) is 5.68. The summed E-state index contributed by atoms with van der Waals surface area (Å²) in [5.74, 6) is 0.122. The molecule has 122 valence electrons. The number of aryl methyl sites for hydroxylation is 1. The van der Waals surface area contributed by atoms with Gasteiger partial charge in [-0.1, -0.05) is 15.9 Å². The highest BCUT2D eigenvalue weighted by Gasteiger charge is 2.06. The van der Waals surface area contributed by atoms with Gasteiger partial charge < -0.3 is 10.1 Å². The Balaban J connectivity index is 1.64. The standard InChI is InChI=1S/C15H16BrN3O3S/c1-10-6-7-23-13(10)8-17-15(21)19-18-14(20)9-22-12-4-2-11(16)3-5-12/h2-7H,8-9H2,1H3,(H,18,20)(H2,17,19,21). The van der Waals surface area contributed by atoms with E-state index in [2.05, 4.69) is 32.1 Å². The molecule has 2 aromatic rings. The summed E-state index contributed by atoms with van der Waals surface area (Å²) in [4.78, 5) is 24.3. The summed E-state index contributed by atoms with van der Waals surface area (Å²) in [6.07, 6.45) is 0. The Morgan fingerprint density at radius 1 is 1.17 bits per heavy atom. The molecule has 0 atom stereocenters. The van der Waals surface area contributed by atoms with E-state index in [1.165, 1.54) is 0 Å². The summed E-state index contributed by atoms with van der Waals surface area (Å²) in [7, 11) is 0. The van der Waals surface area contributed by atoms with Gasteiger partial charge in [0, 0.05) is 9.35 Å². The third-order valence-electron chi connectivity index (χ3n) is 2.88. The maximum atomic E-state index is 11.6. The Morgan fingerprint density at radius 3 is 2.57 bits per heavy atom. The van der Waals surface area contributed by atoms with Crippen molar-refractivity contribution in [1.82, 2.24) is 16.2 Å². The number of rotatable bonds is 5. The van der Waals surface area contributed by atoms with Crippen molar-refractivity contribution >= 4 is 39.2 Å². The van der Waals surface area contributed by atoms with Crippen LogP contribution in [0.15, 0.2) is 40.2 Å². The van der Waals surface area contributed by atoms with E-state index in [9.17, 15) is 9.59 Å². The van der Waals surface area contributed by atoms with Crippen LogP contribution in [0, 0.1) is 6.92 Å². The Bertz CT molecular complexity index is 673. The van der Waals surface area contributed by atoms with Gasteiger partial charge in [-0.15, -0.1) is 11.3 Å². The van der Waals surface area contributed by atoms with Crippen LogP contribution >= 0.6 is 27.3 Å². The molecule has 0 unspecified atom stereocenters. The monoisotopic (exact) mass is 397 g/mol. The molecular formula is C15H16BrN3O3S. The lowest BCUT2D eigenvalue weighted by atomic mass is 10.3. The quantitative estimate of drug-likeness (QED) is 0.678. The van der Waals surface area contributed by atoms with Crippen LogP contribution in [0.25, 0.3) is 0 Å². The van der Waals surface area contributed by atoms with Crippen LogP contribution in [0.1, 0.15) is 10.4 Å². The molecule has 0 saturated heterocycles. The fourth-order valence-corrected chi connectivity index (χ4v) is 2.74. The second-order valence-electron chi connectivity index (χ2n) is 4.63. The lowest BCUT2D eigenvalue weighted by Crippen LogP contribution is -2.48. The molecule has 0 saturated carbocycles. The third kappa shape index (κ3) is 5.91. The molecule has 0 bridgehead atoms. The maximum absolute atomic E-state index is 11.6. The zero-order valence-corrected chi connectivity index (χ0v) is 14.8. The number of halogens is 1. The molecule has 0 fully saturated rings. The van der Waals surface area contributed by atoms with Crippen LogP contribution in [0.5, 0.6) is 5.75 Å². The van der Waals surface area contributed by atoms with Crippen molar-refractivity contribution < 1.29 is 14.3 Å². The molecule has 3 amide bonds. The number of thiophene rings is 1. The van der Waals surface area contributed by atoms with E-state index in [-0.39, 0.29) is 6.61 Å². The van der Waals surface area contributed by atoms with Crippen molar-refractivity contribution in [3.8, 4) is 5.75 Å². The predicted molar refractivity (Wildman–Crippen MR) is 92.2 cm³/mol. The van der Waals surface area contributed by atoms with E-state index in [0.717, 1.165) is 14.9 Å². The SMILES string of the molecule is Cc1ccsc1CNC(=O)NNC(=O)COc1ccc(Br)cc1. The molecule has 0 aliphatic rings. The number of carbonyl (C=O) groups excluding carboxylic acids is 2. The summed E-state index contributed by atoms with van der Waals surface area (Å²) < 4.78 is 6.21. The van der Waals surface area contributed by atoms with Gasteiger partial charge in [-0.25, -0.2) is 10.2 Å². The molecule has 6 nitrogen and oxygen atoms in total. The molecule has 0 aliphatic heterocycles. The van der Waals surface area contributed by atoms with Crippen LogP contribution in [-0.4, -0.2) is 18.5 Å². The van der Waals surface area contributed by atoms with Gasteiger partial charge in [0.05, 0.1) is 6.54 Å². The number of hydrazine groups is 1. The number of benzene rings is 1. The minimum absolute atomic E-state index is 0.189. The fourth-order valence-electron chi connectivity index (χ4n) is 1.63. The first-order valence-electron chi connectivity index (χ1n) is 6.78. The summed E-state index contributed by atoms with van der Waals surface area (Å²) in [5, 5.41) is 4.62. The average molecular weight is 398 g/mol. The second kappa shape index (κ2) is 8.54. The topological polar surface area (TPSA) is 79.5 Å². The Hall–Kier alpha value is -2.06. The van der Waals surface area contributed by atoms with Gasteiger partial charge in [-0.05, 0) is 48.2 Å². The van der Waals surface area contributed by atoms with Crippen molar-refractivity contribution in [2.75, 3.05) is 6.61 Å². The van der Waals surface area contributed by atoms with E-state index < -0.39 is 11.9 Å². The normalized spacial score (nSPS) is 10.0. The van der Waals surface area contributed by atoms with Crippen LogP contribution in [0.3, 0.4) is 0 Å². The average Bonchev–Trinajstić information content (AvgIpc) is 2.95. The highest BCUT2D eigenvalue weighted by Crippen LogP contribution is 2.16. The number of urea groups is 1. The van der Waals surface area contributed by atoms with Crippen LogP contribution in [0.2, 0.25) is 0 Å². The zero-order chi connectivity index (χ0) is 16.7. The van der Waals surface area contributed by atoms with Crippen molar-refractivity contribution in [3.05, 3.63) is 50.6 Å². The van der Waals surface area contributed by atoms with Gasteiger partial charge in [-0.2, -0.15) is 0 Å². The van der Waals surface area contributed by atoms with E-state index >= 15 is 0 Å². The molecule has 0 spiro atoms. The lowest BCUT2D eigenvalue weighted by Gasteiger charge is -2.10. The highest BCUT2D eigenvalue weighted by molar-refractivity contribution is 9.10. The second-order valence-corrected chi connectivity index (χ2v) is 6.54. The van der Waals surface area contributed by atoms with Gasteiger partial charge in [0.1, 0.15) is 5.75 Å². The third-order valence-corrected chi connectivity index (χ3v) is 4.43. The Morgan fingerprint density at radius 2 is 1.91 bits per heavy atom. The number of nitrogens with one attached hydrogen (secondary N) is 3. The highest BCUT2D eigenvalue weighted by atomic mass is 79.9. The van der Waals surface area contributed by atoms with Gasteiger partial charge in [0.2, 0.25) is 0 Å². The molecule has 1 aromatic heterocycles. The number of carbonyl (C=O) groups is 2. The summed E-state index contributed by atoms with van der Waals surface area (Å²) in [6, 6.07) is 8.61. The molecule has 23 heavy (non-hydrogen) atoms. The maximum Gasteiger partial charge on any atom is 0.333 e. The van der Waals surface area contributed by atoms with E-state index in [0.29, 0.717) is 12.3 Å². The van der Waals surface area contributed by atoms with Gasteiger partial charge in [0.15, 0.2) is 6.61 Å². The first-order chi connectivity index (χ1) is 11.0. The first-order valence-corrected chi connectivity index (χ1v) is 8.46. The molecule has 3 N–H and O–H groups in total. The predicted octanol–water partition coefficient (Wildman–Crippen LogP) is 2.73. The van der Waals surface area contributed by atoms with Crippen molar-refractivity contribution in [2.45, 2.75) is 13.5 Å². The lowest BCUT2D eigenvalue weighted by molar-refractivity contribution is -0.123. The summed E-state index contributed by atoms with van der Waals surface area (Å²) >= 11 is 4.88. The number of hydrogen-bond donors (Lipinski definition) is 3. The zero-order valence-electron chi connectivity index (χ0n) is 12.4. The summed E-state index contributed by atoms with van der Waals surface area (Å²) in [6.45, 7) is 2.21. The van der Waals surface area contributed by atoms with Crippen LogP contribution in [0.4, 0.5) is 4.79 Å². The van der Waals surface area contributed by atoms with E-state index in [1.807, 2.05) is 30.5 Å². The number of hydrogen-bond acceptors (Lipinski definition) is 4. The first kappa shape index (κ1) is 17.3. The largest absolute Gasteiger partial charge is 0.484 e. The molecule has 1 heterocycles. The van der Waals surface area contributed by atoms with Crippen molar-refractivity contribution in [1.29, 1.82) is 0 Å². The van der Waals surface area contributed by atoms with Gasteiger partial charge >= 0.3 is 6.03 Å². The van der Waals surface area contributed by atoms with E-state index in [4.69, 9.17) is 4.74 Å². The van der Waals surface area contributed by atoms with Crippen LogP contribution in [-0.2, 0) is 11.3 Å². The molecule has 0 aliphatic carbocycles. The molecule has 1 aromatic carbocycles. The Kier molecular flexibility index (Phi) is 6.42. The molecule has 2 rings (SSSR count). The van der Waals surface area contributed by atoms with Gasteiger partial charge in [0.25, 0.3) is 5.91 Å². The van der Waals surface area contributed by atoms with Crippen LogP contribution < -0.4 is 20.9 Å². The fraction of sp³-hybridized carbons (Fsp3) is 0.200. The number of ether oxygens (including phenoxy) is 1.